The maximum atomic E-state index is 11.4. The molecule has 3 nitrogen and oxygen atoms in total. The number of fused-ring (bicyclic) bond motifs is 2. The Hall–Kier alpha value is 0.230. The maximum Gasteiger partial charge on any atom is 0.185 e. The van der Waals surface area contributed by atoms with Crippen molar-refractivity contribution in [3.05, 3.63) is 0 Å². The van der Waals surface area contributed by atoms with Gasteiger partial charge in [0.05, 0.1) is 6.10 Å². The lowest BCUT2D eigenvalue weighted by Gasteiger charge is -2.52. The Morgan fingerprint density at radius 1 is 1.30 bits per heavy atom. The molecule has 8 atom stereocenters. The number of epoxide rings is 1. The minimum atomic E-state index is -0.603. The van der Waals surface area contributed by atoms with Gasteiger partial charge in [-0.05, 0) is 43.3 Å². The number of hydrogen-bond donors (Lipinski definition) is 1. The molecule has 4 fully saturated rings. The fourth-order valence-electron chi connectivity index (χ4n) is 4.97. The van der Waals surface area contributed by atoms with E-state index < -0.39 is 5.60 Å². The average molecular weight is 298 g/mol. The van der Waals surface area contributed by atoms with E-state index in [-0.39, 0.29) is 18.5 Å². The molecule has 2 heterocycles. The van der Waals surface area contributed by atoms with Gasteiger partial charge in [-0.1, -0.05) is 20.3 Å². The Kier molecular flexibility index (Phi) is 3.37. The van der Waals surface area contributed by atoms with Gasteiger partial charge in [0, 0.05) is 11.2 Å². The van der Waals surface area contributed by atoms with Crippen LogP contribution in [0.1, 0.15) is 46.0 Å². The number of aliphatic hydroxyl groups is 1. The molecule has 0 radical (unpaired) electrons. The van der Waals surface area contributed by atoms with Crippen LogP contribution in [0.2, 0.25) is 0 Å². The van der Waals surface area contributed by atoms with E-state index in [9.17, 15) is 5.11 Å². The number of ether oxygens (including phenoxy) is 2. The molecule has 0 amide bonds. The van der Waals surface area contributed by atoms with Gasteiger partial charge in [0.1, 0.15) is 11.7 Å². The monoisotopic (exact) mass is 298 g/mol. The topological polar surface area (TPSA) is 42.0 Å². The molecule has 4 aliphatic rings. The molecule has 2 aliphatic carbocycles. The first-order valence-electron chi connectivity index (χ1n) is 8.31. The fraction of sp³-hybridized carbons (Fsp3) is 1.00. The van der Waals surface area contributed by atoms with E-state index in [4.69, 9.17) is 9.47 Å². The molecular weight excluding hydrogens is 272 g/mol. The summed E-state index contributed by atoms with van der Waals surface area (Å²) in [6, 6.07) is 0. The standard InChI is InChI=1S/C16H26O3S/c1-3-4-7-20-14-9(2)8-10-5-6-11-16(10,17)12(14)13-15(18-11)19-13/h9-15,17H,3-8H2,1-2H3/t9-,10+,11+,12?,13?,14+,15?,16+/m0/s1. The van der Waals surface area contributed by atoms with Crippen LogP contribution in [0, 0.1) is 17.8 Å². The summed E-state index contributed by atoms with van der Waals surface area (Å²) in [5.41, 5.74) is -0.603. The fourth-order valence-corrected chi connectivity index (χ4v) is 6.71. The van der Waals surface area contributed by atoms with Crippen LogP contribution in [0.25, 0.3) is 0 Å². The van der Waals surface area contributed by atoms with Gasteiger partial charge in [0.25, 0.3) is 0 Å². The lowest BCUT2D eigenvalue weighted by molar-refractivity contribution is -0.191. The van der Waals surface area contributed by atoms with Gasteiger partial charge in [0.15, 0.2) is 6.29 Å². The van der Waals surface area contributed by atoms with Crippen LogP contribution in [0.4, 0.5) is 0 Å². The molecule has 2 aliphatic heterocycles. The van der Waals surface area contributed by atoms with Crippen molar-refractivity contribution in [3.63, 3.8) is 0 Å². The maximum absolute atomic E-state index is 11.4. The van der Waals surface area contributed by atoms with Gasteiger partial charge >= 0.3 is 0 Å². The molecular formula is C16H26O3S. The van der Waals surface area contributed by atoms with Crippen molar-refractivity contribution in [2.24, 2.45) is 17.8 Å². The highest BCUT2D eigenvalue weighted by Gasteiger charge is 2.71. The largest absolute Gasteiger partial charge is 0.386 e. The Morgan fingerprint density at radius 2 is 2.15 bits per heavy atom. The SMILES string of the molecule is CCCCS[C@H]1C2C3OC3O[C@@H]3CC[C@H](C[C@@H]1C)[C@]23O. The van der Waals surface area contributed by atoms with Crippen LogP contribution in [0.3, 0.4) is 0 Å². The lowest BCUT2D eigenvalue weighted by Crippen LogP contribution is -2.63. The second kappa shape index (κ2) is 4.87. The van der Waals surface area contributed by atoms with Crippen LogP contribution in [0.15, 0.2) is 0 Å². The molecule has 4 heteroatoms. The summed E-state index contributed by atoms with van der Waals surface area (Å²) in [6.07, 6.45) is 6.02. The first kappa shape index (κ1) is 13.9. The van der Waals surface area contributed by atoms with Crippen LogP contribution >= 0.6 is 11.8 Å². The molecule has 20 heavy (non-hydrogen) atoms. The number of unbranched alkanes of at least 4 members (excludes halogenated alkanes) is 1. The van der Waals surface area contributed by atoms with Crippen LogP contribution in [-0.4, -0.2) is 40.2 Å². The van der Waals surface area contributed by atoms with Gasteiger partial charge in [-0.2, -0.15) is 11.8 Å². The molecule has 0 aromatic carbocycles. The highest BCUT2D eigenvalue weighted by atomic mass is 32.2. The lowest BCUT2D eigenvalue weighted by atomic mass is 9.63. The Balaban J connectivity index is 1.60. The summed E-state index contributed by atoms with van der Waals surface area (Å²) in [7, 11) is 0. The Morgan fingerprint density at radius 3 is 2.95 bits per heavy atom. The van der Waals surface area contributed by atoms with E-state index in [0.717, 1.165) is 19.3 Å². The zero-order valence-corrected chi connectivity index (χ0v) is 13.3. The normalized spacial score (nSPS) is 56.2. The van der Waals surface area contributed by atoms with E-state index in [1.165, 1.54) is 18.6 Å². The Labute approximate surface area is 125 Å². The molecule has 114 valence electrons. The summed E-state index contributed by atoms with van der Waals surface area (Å²) < 4.78 is 11.7. The van der Waals surface area contributed by atoms with E-state index in [1.54, 1.807) is 0 Å². The second-order valence-corrected chi connectivity index (χ2v) is 8.47. The van der Waals surface area contributed by atoms with E-state index in [1.807, 2.05) is 0 Å². The molecule has 2 saturated carbocycles. The zero-order valence-electron chi connectivity index (χ0n) is 12.5. The minimum absolute atomic E-state index is 0.0106. The molecule has 1 N–H and O–H groups in total. The van der Waals surface area contributed by atoms with Crippen molar-refractivity contribution < 1.29 is 14.6 Å². The van der Waals surface area contributed by atoms with Crippen molar-refractivity contribution in [3.8, 4) is 0 Å². The van der Waals surface area contributed by atoms with Gasteiger partial charge in [-0.25, -0.2) is 0 Å². The van der Waals surface area contributed by atoms with E-state index >= 15 is 0 Å². The zero-order chi connectivity index (χ0) is 13.9. The highest BCUT2D eigenvalue weighted by molar-refractivity contribution is 7.99. The first-order valence-corrected chi connectivity index (χ1v) is 9.36. The summed E-state index contributed by atoms with van der Waals surface area (Å²) in [4.78, 5) is 0. The first-order chi connectivity index (χ1) is 9.66. The third-order valence-corrected chi connectivity index (χ3v) is 7.66. The number of rotatable bonds is 4. The van der Waals surface area contributed by atoms with Crippen molar-refractivity contribution in [1.29, 1.82) is 0 Å². The van der Waals surface area contributed by atoms with Crippen molar-refractivity contribution >= 4 is 11.8 Å². The summed E-state index contributed by atoms with van der Waals surface area (Å²) in [6.45, 7) is 4.62. The highest BCUT2D eigenvalue weighted by Crippen LogP contribution is 2.61. The predicted octanol–water partition coefficient (Wildman–Crippen LogP) is 2.81. The third kappa shape index (κ3) is 1.84. The minimum Gasteiger partial charge on any atom is -0.386 e. The predicted molar refractivity (Wildman–Crippen MR) is 79.6 cm³/mol. The van der Waals surface area contributed by atoms with Crippen molar-refractivity contribution in [2.75, 3.05) is 5.75 Å². The van der Waals surface area contributed by atoms with Gasteiger partial charge in [0.2, 0.25) is 0 Å². The van der Waals surface area contributed by atoms with Crippen LogP contribution in [0.5, 0.6) is 0 Å². The molecule has 0 aromatic rings. The van der Waals surface area contributed by atoms with Gasteiger partial charge in [-0.3, -0.25) is 0 Å². The molecule has 0 bridgehead atoms. The number of thioether (sulfide) groups is 1. The average Bonchev–Trinajstić information content (AvgIpc) is 3.11. The second-order valence-electron chi connectivity index (χ2n) is 7.18. The van der Waals surface area contributed by atoms with E-state index in [2.05, 4.69) is 25.6 Å². The van der Waals surface area contributed by atoms with Crippen molar-refractivity contribution in [2.45, 2.75) is 75.3 Å². The van der Waals surface area contributed by atoms with Gasteiger partial charge in [-0.15, -0.1) is 0 Å². The summed E-state index contributed by atoms with van der Waals surface area (Å²) in [5, 5.41) is 12.0. The number of hydrogen-bond acceptors (Lipinski definition) is 4. The van der Waals surface area contributed by atoms with Crippen LogP contribution < -0.4 is 0 Å². The van der Waals surface area contributed by atoms with Crippen molar-refractivity contribution in [1.82, 2.24) is 0 Å². The van der Waals surface area contributed by atoms with Gasteiger partial charge < -0.3 is 14.6 Å². The quantitative estimate of drug-likeness (QED) is 0.640. The molecule has 3 unspecified atom stereocenters. The summed E-state index contributed by atoms with van der Waals surface area (Å²) >= 11 is 2.08. The molecule has 0 spiro atoms. The molecule has 4 rings (SSSR count). The smallest absolute Gasteiger partial charge is 0.185 e. The van der Waals surface area contributed by atoms with E-state index in [0.29, 0.717) is 23.0 Å². The summed E-state index contributed by atoms with van der Waals surface area (Å²) in [5.74, 6) is 2.63. The third-order valence-electron chi connectivity index (χ3n) is 6.00. The molecule has 2 saturated heterocycles. The molecule has 0 aromatic heterocycles. The van der Waals surface area contributed by atoms with Crippen LogP contribution in [-0.2, 0) is 9.47 Å². The Bertz CT molecular complexity index is 390.